The normalized spacial score (nSPS) is 14.3. The first-order chi connectivity index (χ1) is 9.10. The molecule has 1 aromatic carbocycles. The van der Waals surface area contributed by atoms with Gasteiger partial charge in [0.2, 0.25) is 0 Å². The summed E-state index contributed by atoms with van der Waals surface area (Å²) >= 11 is 6.02. The minimum absolute atomic E-state index is 0.249. The quantitative estimate of drug-likeness (QED) is 0.896. The van der Waals surface area contributed by atoms with Crippen molar-refractivity contribution in [3.8, 4) is 0 Å². The Morgan fingerprint density at radius 3 is 2.63 bits per heavy atom. The van der Waals surface area contributed by atoms with Gasteiger partial charge in [-0.25, -0.2) is 0 Å². The molecule has 1 heterocycles. The van der Waals surface area contributed by atoms with Crippen molar-refractivity contribution in [1.82, 2.24) is 15.1 Å². The van der Waals surface area contributed by atoms with E-state index in [1.807, 2.05) is 29.1 Å². The molecule has 102 valence electrons. The molecule has 1 aromatic heterocycles. The minimum Gasteiger partial charge on any atom is -0.304 e. The minimum atomic E-state index is 0.249. The van der Waals surface area contributed by atoms with Crippen LogP contribution in [0.4, 0.5) is 0 Å². The Kier molecular flexibility index (Phi) is 4.61. The van der Waals surface area contributed by atoms with Crippen molar-refractivity contribution in [2.75, 3.05) is 0 Å². The van der Waals surface area contributed by atoms with Crippen LogP contribution in [0.25, 0.3) is 0 Å². The zero-order valence-corrected chi connectivity index (χ0v) is 12.4. The van der Waals surface area contributed by atoms with Crippen molar-refractivity contribution < 1.29 is 0 Å². The second-order valence-electron chi connectivity index (χ2n) is 4.79. The average Bonchev–Trinajstić information content (AvgIpc) is 2.87. The predicted molar refractivity (Wildman–Crippen MR) is 79.3 cm³/mol. The maximum Gasteiger partial charge on any atom is 0.0537 e. The molecule has 2 aromatic rings. The summed E-state index contributed by atoms with van der Waals surface area (Å²) in [5.74, 6) is 0. The first-order valence-corrected chi connectivity index (χ1v) is 7.01. The molecule has 2 rings (SSSR count). The molecule has 0 saturated carbocycles. The molecule has 0 aliphatic heterocycles. The molecule has 19 heavy (non-hydrogen) atoms. The number of hydrogen-bond acceptors (Lipinski definition) is 2. The van der Waals surface area contributed by atoms with E-state index >= 15 is 0 Å². The molecule has 0 fully saturated rings. The van der Waals surface area contributed by atoms with Gasteiger partial charge in [-0.1, -0.05) is 23.7 Å². The Labute approximate surface area is 119 Å². The second-order valence-corrected chi connectivity index (χ2v) is 5.23. The summed E-state index contributed by atoms with van der Waals surface area (Å²) in [5.41, 5.74) is 2.40. The van der Waals surface area contributed by atoms with Gasteiger partial charge in [0.25, 0.3) is 0 Å². The van der Waals surface area contributed by atoms with Crippen LogP contribution in [0.3, 0.4) is 0 Å². The van der Waals surface area contributed by atoms with Gasteiger partial charge in [-0.05, 0) is 38.5 Å². The summed E-state index contributed by atoms with van der Waals surface area (Å²) in [6.07, 6.45) is 4.01. The number of rotatable bonds is 5. The first-order valence-electron chi connectivity index (χ1n) is 6.64. The largest absolute Gasteiger partial charge is 0.304 e. The number of aromatic nitrogens is 2. The molecule has 0 spiro atoms. The lowest BCUT2D eigenvalue weighted by Gasteiger charge is -2.19. The first kappa shape index (κ1) is 14.1. The van der Waals surface area contributed by atoms with Crippen molar-refractivity contribution in [2.45, 2.75) is 39.4 Å². The van der Waals surface area contributed by atoms with Crippen LogP contribution in [0.15, 0.2) is 36.7 Å². The molecule has 0 bridgehead atoms. The van der Waals surface area contributed by atoms with Gasteiger partial charge in [0.1, 0.15) is 0 Å². The molecule has 1 unspecified atom stereocenters. The zero-order chi connectivity index (χ0) is 13.8. The van der Waals surface area contributed by atoms with Gasteiger partial charge in [-0.15, -0.1) is 0 Å². The lowest BCUT2D eigenvalue weighted by Crippen LogP contribution is -2.22. The molecule has 0 aliphatic carbocycles. The van der Waals surface area contributed by atoms with E-state index in [4.69, 9.17) is 11.6 Å². The highest BCUT2D eigenvalue weighted by atomic mass is 35.5. The van der Waals surface area contributed by atoms with Crippen molar-refractivity contribution >= 4 is 11.6 Å². The van der Waals surface area contributed by atoms with Gasteiger partial charge in [-0.3, -0.25) is 4.68 Å². The third-order valence-electron chi connectivity index (χ3n) is 3.33. The smallest absolute Gasteiger partial charge is 0.0537 e. The third kappa shape index (κ3) is 3.58. The Bertz CT molecular complexity index is 536. The Balaban J connectivity index is 2.03. The van der Waals surface area contributed by atoms with Crippen LogP contribution in [-0.2, 0) is 6.54 Å². The van der Waals surface area contributed by atoms with Crippen molar-refractivity contribution in [2.24, 2.45) is 0 Å². The van der Waals surface area contributed by atoms with Gasteiger partial charge >= 0.3 is 0 Å². The average molecular weight is 278 g/mol. The van der Waals surface area contributed by atoms with E-state index in [1.165, 1.54) is 11.1 Å². The van der Waals surface area contributed by atoms with Crippen LogP contribution in [0, 0.1) is 0 Å². The Morgan fingerprint density at radius 1 is 1.26 bits per heavy atom. The monoisotopic (exact) mass is 277 g/mol. The molecule has 0 amide bonds. The molecule has 0 saturated heterocycles. The SMILES string of the molecule is CCn1cc(C(C)N[C@H](C)c2cccc(Cl)c2)cn1. The summed E-state index contributed by atoms with van der Waals surface area (Å²) in [5, 5.41) is 8.65. The maximum absolute atomic E-state index is 6.02. The van der Waals surface area contributed by atoms with Gasteiger partial charge in [-0.2, -0.15) is 5.10 Å². The van der Waals surface area contributed by atoms with Crippen LogP contribution < -0.4 is 5.32 Å². The molecule has 0 aliphatic rings. The van der Waals surface area contributed by atoms with Gasteiger partial charge in [0.05, 0.1) is 6.20 Å². The molecule has 3 nitrogen and oxygen atoms in total. The molecule has 4 heteroatoms. The van der Waals surface area contributed by atoms with E-state index in [1.54, 1.807) is 0 Å². The van der Waals surface area contributed by atoms with E-state index in [9.17, 15) is 0 Å². The fourth-order valence-corrected chi connectivity index (χ4v) is 2.32. The zero-order valence-electron chi connectivity index (χ0n) is 11.6. The summed E-state index contributed by atoms with van der Waals surface area (Å²) in [6, 6.07) is 8.47. The van der Waals surface area contributed by atoms with E-state index in [0.29, 0.717) is 0 Å². The topological polar surface area (TPSA) is 29.9 Å². The van der Waals surface area contributed by atoms with Crippen LogP contribution in [-0.4, -0.2) is 9.78 Å². The standard InChI is InChI=1S/C15H20ClN3/c1-4-19-10-14(9-17-19)12(3)18-11(2)13-6-5-7-15(16)8-13/h5-12,18H,4H2,1-3H3/t11-,12?/m1/s1. The van der Waals surface area contributed by atoms with E-state index in [0.717, 1.165) is 11.6 Å². The lowest BCUT2D eigenvalue weighted by molar-refractivity contribution is 0.494. The van der Waals surface area contributed by atoms with E-state index < -0.39 is 0 Å². The fourth-order valence-electron chi connectivity index (χ4n) is 2.12. The molecule has 0 radical (unpaired) electrons. The van der Waals surface area contributed by atoms with Crippen LogP contribution in [0.1, 0.15) is 44.0 Å². The highest BCUT2D eigenvalue weighted by Crippen LogP contribution is 2.21. The number of nitrogens with one attached hydrogen (secondary N) is 1. The van der Waals surface area contributed by atoms with Crippen LogP contribution in [0.5, 0.6) is 0 Å². The predicted octanol–water partition coefficient (Wildman–Crippen LogP) is 3.97. The van der Waals surface area contributed by atoms with E-state index in [-0.39, 0.29) is 12.1 Å². The Morgan fingerprint density at radius 2 is 2.00 bits per heavy atom. The maximum atomic E-state index is 6.02. The second kappa shape index (κ2) is 6.22. The molecular formula is C15H20ClN3. The summed E-state index contributed by atoms with van der Waals surface area (Å²) < 4.78 is 1.94. The van der Waals surface area contributed by atoms with E-state index in [2.05, 4.69) is 43.4 Å². The Hall–Kier alpha value is -1.32. The number of aryl methyl sites for hydroxylation is 1. The van der Waals surface area contributed by atoms with Gasteiger partial charge in [0.15, 0.2) is 0 Å². The van der Waals surface area contributed by atoms with Crippen molar-refractivity contribution in [3.05, 3.63) is 52.8 Å². The summed E-state index contributed by atoms with van der Waals surface area (Å²) in [7, 11) is 0. The lowest BCUT2D eigenvalue weighted by atomic mass is 10.1. The van der Waals surface area contributed by atoms with Gasteiger partial charge in [0, 0.05) is 35.4 Å². The number of halogens is 1. The highest BCUT2D eigenvalue weighted by molar-refractivity contribution is 6.30. The fraction of sp³-hybridized carbons (Fsp3) is 0.400. The highest BCUT2D eigenvalue weighted by Gasteiger charge is 2.12. The number of nitrogens with zero attached hydrogens (tertiary/aromatic N) is 2. The van der Waals surface area contributed by atoms with Crippen LogP contribution in [0.2, 0.25) is 5.02 Å². The van der Waals surface area contributed by atoms with Gasteiger partial charge < -0.3 is 5.32 Å². The molecule has 2 atom stereocenters. The third-order valence-corrected chi connectivity index (χ3v) is 3.56. The summed E-state index contributed by atoms with van der Waals surface area (Å²) in [6.45, 7) is 7.28. The molecule has 1 N–H and O–H groups in total. The number of hydrogen-bond donors (Lipinski definition) is 1. The van der Waals surface area contributed by atoms with Crippen LogP contribution >= 0.6 is 11.6 Å². The summed E-state index contributed by atoms with van der Waals surface area (Å²) in [4.78, 5) is 0. The van der Waals surface area contributed by atoms with Crippen molar-refractivity contribution in [1.29, 1.82) is 0 Å². The van der Waals surface area contributed by atoms with Crippen molar-refractivity contribution in [3.63, 3.8) is 0 Å². The number of benzene rings is 1. The molecular weight excluding hydrogens is 258 g/mol.